The van der Waals surface area contributed by atoms with Crippen molar-refractivity contribution in [3.8, 4) is 33.8 Å². The molecule has 0 bridgehead atoms. The van der Waals surface area contributed by atoms with Gasteiger partial charge in [-0.2, -0.15) is 0 Å². The van der Waals surface area contributed by atoms with Crippen molar-refractivity contribution in [2.45, 2.75) is 6.92 Å². The molecule has 4 aromatic carbocycles. The Labute approximate surface area is 207 Å². The number of fused-ring (bicyclic) bond motifs is 4. The average molecular weight is 475 g/mol. The molecule has 0 saturated carbocycles. The molecule has 5 N–H and O–H groups in total. The van der Waals surface area contributed by atoms with Crippen LogP contribution in [0.2, 0.25) is 0 Å². The van der Waals surface area contributed by atoms with Gasteiger partial charge in [0, 0.05) is 16.7 Å². The molecule has 0 fully saturated rings. The molecule has 2 aliphatic carbocycles. The highest BCUT2D eigenvalue weighted by molar-refractivity contribution is 6.36. The van der Waals surface area contributed by atoms with Crippen molar-refractivity contribution in [1.29, 1.82) is 0 Å². The zero-order valence-corrected chi connectivity index (χ0v) is 19.3. The van der Waals surface area contributed by atoms with E-state index >= 15 is 0 Å². The van der Waals surface area contributed by atoms with Crippen molar-refractivity contribution < 1.29 is 25.5 Å². The van der Waals surface area contributed by atoms with Crippen molar-refractivity contribution in [1.82, 2.24) is 0 Å². The average Bonchev–Trinajstić information content (AvgIpc) is 3.37. The second kappa shape index (κ2) is 7.82. The van der Waals surface area contributed by atoms with Crippen LogP contribution in [0.5, 0.6) is 11.5 Å². The third-order valence-electron chi connectivity index (χ3n) is 6.85. The number of phenolic OH excluding ortho intramolecular Hbond substituents is 2. The van der Waals surface area contributed by atoms with E-state index in [0.717, 1.165) is 44.5 Å². The zero-order valence-electron chi connectivity index (χ0n) is 19.3. The highest BCUT2D eigenvalue weighted by atomic mass is 16.5. The monoisotopic (exact) mass is 474 g/mol. The van der Waals surface area contributed by atoms with E-state index in [1.807, 2.05) is 60.7 Å². The fraction of sp³-hybridized carbons (Fsp3) is 0.0323. The summed E-state index contributed by atoms with van der Waals surface area (Å²) in [5, 5.41) is 50.9. The number of phenols is 2. The second-order valence-electron chi connectivity index (χ2n) is 9.02. The Morgan fingerprint density at radius 3 is 1.28 bits per heavy atom. The fourth-order valence-corrected chi connectivity index (χ4v) is 5.27. The van der Waals surface area contributed by atoms with Crippen molar-refractivity contribution in [2.75, 3.05) is 0 Å². The molecular weight excluding hydrogens is 452 g/mol. The molecule has 0 radical (unpaired) electrons. The van der Waals surface area contributed by atoms with Gasteiger partial charge in [0.05, 0.1) is 11.3 Å². The molecule has 36 heavy (non-hydrogen) atoms. The van der Waals surface area contributed by atoms with E-state index in [1.54, 1.807) is 31.2 Å². The smallest absolute Gasteiger partial charge is 0.283 e. The number of aliphatic hydroxyl groups excluding tert-OH is 2. The summed E-state index contributed by atoms with van der Waals surface area (Å²) in [4.78, 5) is 0. The molecule has 6 rings (SSSR count). The van der Waals surface area contributed by atoms with Crippen LogP contribution in [-0.4, -0.2) is 25.5 Å². The van der Waals surface area contributed by atoms with Gasteiger partial charge in [-0.05, 0) is 87.8 Å². The SMILES string of the molecule is C/C(O)=C1\C2=C(C(=C(O)O)c3ccc(-c4ccc(O)cc4)cc32)c2cc(-c3ccc(O)cc3)ccc21. The number of aliphatic hydroxyl groups is 3. The van der Waals surface area contributed by atoms with Gasteiger partial charge in [-0.1, -0.05) is 48.5 Å². The molecule has 4 aromatic rings. The van der Waals surface area contributed by atoms with E-state index in [2.05, 4.69) is 0 Å². The fourth-order valence-electron chi connectivity index (χ4n) is 5.27. The van der Waals surface area contributed by atoms with E-state index in [-0.39, 0.29) is 17.3 Å². The first-order valence-corrected chi connectivity index (χ1v) is 11.5. The Hall–Kier alpha value is -4.90. The molecule has 0 saturated heterocycles. The highest BCUT2D eigenvalue weighted by Crippen LogP contribution is 2.59. The molecule has 0 aromatic heterocycles. The number of hydrogen-bond donors (Lipinski definition) is 5. The second-order valence-corrected chi connectivity index (χ2v) is 9.02. The normalized spacial score (nSPS) is 15.0. The molecule has 0 aliphatic heterocycles. The minimum absolute atomic E-state index is 0.137. The van der Waals surface area contributed by atoms with Gasteiger partial charge in [0.1, 0.15) is 11.5 Å². The predicted octanol–water partition coefficient (Wildman–Crippen LogP) is 7.44. The van der Waals surface area contributed by atoms with Crippen molar-refractivity contribution in [3.63, 3.8) is 0 Å². The van der Waals surface area contributed by atoms with Crippen LogP contribution in [0.3, 0.4) is 0 Å². The van der Waals surface area contributed by atoms with E-state index < -0.39 is 5.95 Å². The Kier molecular flexibility index (Phi) is 4.70. The van der Waals surface area contributed by atoms with Gasteiger partial charge in [-0.3, -0.25) is 0 Å². The number of benzene rings is 4. The summed E-state index contributed by atoms with van der Waals surface area (Å²) < 4.78 is 0. The topological polar surface area (TPSA) is 101 Å². The summed E-state index contributed by atoms with van der Waals surface area (Å²) in [6.45, 7) is 1.63. The Morgan fingerprint density at radius 1 is 0.472 bits per heavy atom. The van der Waals surface area contributed by atoms with E-state index in [9.17, 15) is 25.5 Å². The lowest BCUT2D eigenvalue weighted by Crippen LogP contribution is -1.97. The molecule has 2 aliphatic rings. The molecule has 5 nitrogen and oxygen atoms in total. The quantitative estimate of drug-likeness (QED) is 0.194. The van der Waals surface area contributed by atoms with Crippen LogP contribution < -0.4 is 0 Å². The van der Waals surface area contributed by atoms with Crippen LogP contribution in [0.4, 0.5) is 0 Å². The van der Waals surface area contributed by atoms with Crippen molar-refractivity contribution in [2.24, 2.45) is 0 Å². The van der Waals surface area contributed by atoms with E-state index in [0.29, 0.717) is 22.3 Å². The van der Waals surface area contributed by atoms with Gasteiger partial charge in [-0.15, -0.1) is 0 Å². The third kappa shape index (κ3) is 3.17. The lowest BCUT2D eigenvalue weighted by molar-refractivity contribution is 0.195. The van der Waals surface area contributed by atoms with Crippen LogP contribution >= 0.6 is 0 Å². The number of rotatable bonds is 2. The maximum atomic E-state index is 10.8. The lowest BCUT2D eigenvalue weighted by atomic mass is 9.89. The largest absolute Gasteiger partial charge is 0.512 e. The van der Waals surface area contributed by atoms with Gasteiger partial charge in [0.15, 0.2) is 0 Å². The van der Waals surface area contributed by atoms with Gasteiger partial charge in [0.2, 0.25) is 0 Å². The highest BCUT2D eigenvalue weighted by Gasteiger charge is 2.40. The summed E-state index contributed by atoms with van der Waals surface area (Å²) in [7, 11) is 0. The molecule has 0 unspecified atom stereocenters. The summed E-state index contributed by atoms with van der Waals surface area (Å²) in [6, 6.07) is 25.4. The van der Waals surface area contributed by atoms with Gasteiger partial charge in [-0.25, -0.2) is 0 Å². The maximum Gasteiger partial charge on any atom is 0.283 e. The van der Waals surface area contributed by atoms with E-state index in [4.69, 9.17) is 0 Å². The van der Waals surface area contributed by atoms with E-state index in [1.165, 1.54) is 0 Å². The minimum atomic E-state index is -0.781. The van der Waals surface area contributed by atoms with Crippen LogP contribution in [0.1, 0.15) is 29.2 Å². The van der Waals surface area contributed by atoms with Crippen LogP contribution in [0.25, 0.3) is 44.5 Å². The Morgan fingerprint density at radius 2 is 0.861 bits per heavy atom. The standard InChI is InChI=1S/C31H22O5/c1-16(32)27-23-12-6-19(17-2-8-21(33)9-3-17)14-25(23)29-28(27)26-15-20(18-4-10-22(34)11-5-18)7-13-24(26)30(29)31(35)36/h2-15,32-36H,1H3/b27-16+. The van der Waals surface area contributed by atoms with Crippen LogP contribution in [0, 0.1) is 0 Å². The van der Waals surface area contributed by atoms with Crippen molar-refractivity contribution >= 4 is 22.3 Å². The third-order valence-corrected chi connectivity index (χ3v) is 6.85. The summed E-state index contributed by atoms with van der Waals surface area (Å²) in [6.07, 6.45) is 0. The number of aromatic hydroxyl groups is 2. The first-order valence-electron chi connectivity index (χ1n) is 11.5. The zero-order chi connectivity index (χ0) is 25.1. The lowest BCUT2D eigenvalue weighted by Gasteiger charge is -2.15. The number of hydrogen-bond acceptors (Lipinski definition) is 5. The molecular formula is C31H22O5. The van der Waals surface area contributed by atoms with Crippen molar-refractivity contribution in [3.05, 3.63) is 119 Å². The van der Waals surface area contributed by atoms with Gasteiger partial charge < -0.3 is 25.5 Å². The molecule has 0 heterocycles. The molecule has 176 valence electrons. The molecule has 0 spiro atoms. The summed E-state index contributed by atoms with van der Waals surface area (Å²) in [5.41, 5.74) is 9.03. The maximum absolute atomic E-state index is 10.8. The first-order chi connectivity index (χ1) is 17.3. The van der Waals surface area contributed by atoms with Gasteiger partial charge in [0.25, 0.3) is 5.95 Å². The van der Waals surface area contributed by atoms with Gasteiger partial charge >= 0.3 is 0 Å². The Bertz CT molecular complexity index is 1520. The minimum Gasteiger partial charge on any atom is -0.512 e. The molecule has 0 amide bonds. The molecule has 0 atom stereocenters. The van der Waals surface area contributed by atoms with Crippen LogP contribution in [0.15, 0.2) is 96.6 Å². The predicted molar refractivity (Wildman–Crippen MR) is 141 cm³/mol. The molecule has 5 heteroatoms. The Balaban J connectivity index is 1.60. The summed E-state index contributed by atoms with van der Waals surface area (Å²) in [5.74, 6) is -0.288. The number of allylic oxidation sites excluding steroid dienone is 5. The first kappa shape index (κ1) is 21.6. The summed E-state index contributed by atoms with van der Waals surface area (Å²) >= 11 is 0. The van der Waals surface area contributed by atoms with Crippen LogP contribution in [-0.2, 0) is 0 Å².